The lowest BCUT2D eigenvalue weighted by atomic mass is 9.77. The number of aromatic amines is 1. The molecule has 8 nitrogen and oxygen atoms in total. The summed E-state index contributed by atoms with van der Waals surface area (Å²) in [6, 6.07) is 0.229. The maximum absolute atomic E-state index is 13.2. The highest BCUT2D eigenvalue weighted by atomic mass is 16.2. The number of carbonyl (C=O) groups is 1. The Bertz CT molecular complexity index is 1030. The van der Waals surface area contributed by atoms with Gasteiger partial charge in [0.15, 0.2) is 0 Å². The zero-order valence-electron chi connectivity index (χ0n) is 17.6. The van der Waals surface area contributed by atoms with Gasteiger partial charge in [0.25, 0.3) is 11.5 Å². The van der Waals surface area contributed by atoms with Crippen molar-refractivity contribution in [3.8, 4) is 0 Å². The molecule has 2 aromatic rings. The Kier molecular flexibility index (Phi) is 4.60. The maximum Gasteiger partial charge on any atom is 0.257 e. The summed E-state index contributed by atoms with van der Waals surface area (Å²) in [5.41, 5.74) is 2.07. The van der Waals surface area contributed by atoms with E-state index < -0.39 is 0 Å². The summed E-state index contributed by atoms with van der Waals surface area (Å²) in [6.45, 7) is 5.34. The Morgan fingerprint density at radius 3 is 2.73 bits per heavy atom. The third kappa shape index (κ3) is 3.38. The number of rotatable bonds is 4. The summed E-state index contributed by atoms with van der Waals surface area (Å²) < 4.78 is 0. The van der Waals surface area contributed by atoms with Crippen molar-refractivity contribution >= 4 is 11.9 Å². The van der Waals surface area contributed by atoms with E-state index in [0.29, 0.717) is 30.5 Å². The molecular formula is C22H28N6O2. The average Bonchev–Trinajstić information content (AvgIpc) is 3.52. The first-order valence-corrected chi connectivity index (χ1v) is 11.0. The SMILES string of the molecule is CC(C)Nc1ncc(C(=O)N2CCCC3(CCc4c3nc(C3CC3)[nH]c4=O)C2)cn1. The van der Waals surface area contributed by atoms with E-state index in [9.17, 15) is 9.59 Å². The highest BCUT2D eigenvalue weighted by Crippen LogP contribution is 2.45. The molecule has 5 rings (SSSR count). The smallest absolute Gasteiger partial charge is 0.257 e. The van der Waals surface area contributed by atoms with Crippen LogP contribution in [0.2, 0.25) is 0 Å². The van der Waals surface area contributed by atoms with Crippen molar-refractivity contribution in [1.82, 2.24) is 24.8 Å². The Balaban J connectivity index is 1.39. The first kappa shape index (κ1) is 19.2. The maximum atomic E-state index is 13.2. The van der Waals surface area contributed by atoms with Crippen LogP contribution in [-0.2, 0) is 11.8 Å². The summed E-state index contributed by atoms with van der Waals surface area (Å²) in [6.07, 6.45) is 8.88. The van der Waals surface area contributed by atoms with E-state index in [1.807, 2.05) is 18.7 Å². The average molecular weight is 409 g/mol. The number of fused-ring (bicyclic) bond motifs is 2. The fourth-order valence-electron chi connectivity index (χ4n) is 4.87. The number of piperidine rings is 1. The molecule has 3 aliphatic rings. The minimum absolute atomic E-state index is 0.0175. The van der Waals surface area contributed by atoms with Gasteiger partial charge in [-0.05, 0) is 52.4 Å². The second-order valence-electron chi connectivity index (χ2n) is 9.26. The molecule has 1 spiro atoms. The minimum atomic E-state index is -0.207. The van der Waals surface area contributed by atoms with Gasteiger partial charge in [-0.25, -0.2) is 15.0 Å². The van der Waals surface area contributed by atoms with Gasteiger partial charge in [0.05, 0.1) is 11.3 Å². The molecule has 1 amide bonds. The molecular weight excluding hydrogens is 380 g/mol. The topological polar surface area (TPSA) is 104 Å². The molecule has 2 aliphatic carbocycles. The molecule has 3 heterocycles. The second-order valence-corrected chi connectivity index (χ2v) is 9.26. The molecule has 2 aromatic heterocycles. The van der Waals surface area contributed by atoms with Gasteiger partial charge in [-0.3, -0.25) is 9.59 Å². The second kappa shape index (κ2) is 7.18. The van der Waals surface area contributed by atoms with Crippen LogP contribution in [0.15, 0.2) is 17.2 Å². The van der Waals surface area contributed by atoms with Crippen LogP contribution in [0.3, 0.4) is 0 Å². The van der Waals surface area contributed by atoms with E-state index in [4.69, 9.17) is 4.98 Å². The molecule has 0 bridgehead atoms. The van der Waals surface area contributed by atoms with Crippen molar-refractivity contribution < 1.29 is 4.79 Å². The fourth-order valence-corrected chi connectivity index (χ4v) is 4.87. The number of amides is 1. The summed E-state index contributed by atoms with van der Waals surface area (Å²) >= 11 is 0. The number of nitrogens with zero attached hydrogens (tertiary/aromatic N) is 4. The van der Waals surface area contributed by atoms with E-state index in [1.165, 1.54) is 0 Å². The van der Waals surface area contributed by atoms with Crippen LogP contribution in [0.5, 0.6) is 0 Å². The monoisotopic (exact) mass is 408 g/mol. The number of carbonyl (C=O) groups excluding carboxylic acids is 1. The highest BCUT2D eigenvalue weighted by Gasteiger charge is 2.46. The number of hydrogen-bond donors (Lipinski definition) is 2. The summed E-state index contributed by atoms with van der Waals surface area (Å²) in [4.78, 5) is 44.2. The van der Waals surface area contributed by atoms with E-state index in [0.717, 1.165) is 55.6 Å². The molecule has 2 fully saturated rings. The van der Waals surface area contributed by atoms with Gasteiger partial charge in [-0.15, -0.1) is 0 Å². The molecule has 1 saturated heterocycles. The predicted molar refractivity (Wildman–Crippen MR) is 113 cm³/mol. The predicted octanol–water partition coefficient (Wildman–Crippen LogP) is 2.38. The molecule has 1 unspecified atom stereocenters. The molecule has 30 heavy (non-hydrogen) atoms. The number of H-pyrrole nitrogens is 1. The van der Waals surface area contributed by atoms with E-state index in [2.05, 4.69) is 20.3 Å². The number of anilines is 1. The van der Waals surface area contributed by atoms with Crippen molar-refractivity contribution in [3.63, 3.8) is 0 Å². The first-order chi connectivity index (χ1) is 14.4. The van der Waals surface area contributed by atoms with Crippen LogP contribution in [0.1, 0.15) is 79.3 Å². The third-order valence-corrected chi connectivity index (χ3v) is 6.53. The summed E-state index contributed by atoms with van der Waals surface area (Å²) in [5.74, 6) is 1.71. The van der Waals surface area contributed by atoms with E-state index >= 15 is 0 Å². The molecule has 0 aromatic carbocycles. The van der Waals surface area contributed by atoms with Crippen LogP contribution >= 0.6 is 0 Å². The van der Waals surface area contributed by atoms with Crippen molar-refractivity contribution in [2.75, 3.05) is 18.4 Å². The lowest BCUT2D eigenvalue weighted by Gasteiger charge is -2.40. The number of aromatic nitrogens is 4. The number of hydrogen-bond acceptors (Lipinski definition) is 6. The van der Waals surface area contributed by atoms with Gasteiger partial charge >= 0.3 is 0 Å². The summed E-state index contributed by atoms with van der Waals surface area (Å²) in [5, 5.41) is 3.14. The van der Waals surface area contributed by atoms with Crippen molar-refractivity contribution in [3.05, 3.63) is 45.4 Å². The van der Waals surface area contributed by atoms with Gasteiger partial charge in [0.2, 0.25) is 5.95 Å². The van der Waals surface area contributed by atoms with Gasteiger partial charge in [0, 0.05) is 48.4 Å². The van der Waals surface area contributed by atoms with Crippen LogP contribution in [0.4, 0.5) is 5.95 Å². The molecule has 2 N–H and O–H groups in total. The summed E-state index contributed by atoms with van der Waals surface area (Å²) in [7, 11) is 0. The number of nitrogens with one attached hydrogen (secondary N) is 2. The van der Waals surface area contributed by atoms with Gasteiger partial charge < -0.3 is 15.2 Å². The van der Waals surface area contributed by atoms with E-state index in [1.54, 1.807) is 12.4 Å². The third-order valence-electron chi connectivity index (χ3n) is 6.53. The standard InChI is InChI=1S/C22H28N6O2/c1-13(2)25-21-23-10-15(11-24-21)20(30)28-9-3-7-22(12-28)8-6-16-17(22)26-18(14-4-5-14)27-19(16)29/h10-11,13-14H,3-9,12H2,1-2H3,(H,23,24,25)(H,26,27,29). The Morgan fingerprint density at radius 1 is 1.27 bits per heavy atom. The van der Waals surface area contributed by atoms with Crippen LogP contribution in [-0.4, -0.2) is 49.9 Å². The number of likely N-dealkylation sites (tertiary alicyclic amines) is 1. The highest BCUT2D eigenvalue weighted by molar-refractivity contribution is 5.93. The normalized spacial score (nSPS) is 23.1. The zero-order chi connectivity index (χ0) is 20.9. The van der Waals surface area contributed by atoms with Crippen LogP contribution in [0.25, 0.3) is 0 Å². The molecule has 0 radical (unpaired) electrons. The molecule has 8 heteroatoms. The zero-order valence-corrected chi connectivity index (χ0v) is 17.6. The van der Waals surface area contributed by atoms with Gasteiger partial charge in [-0.2, -0.15) is 0 Å². The fraction of sp³-hybridized carbons (Fsp3) is 0.591. The van der Waals surface area contributed by atoms with Crippen LogP contribution < -0.4 is 10.9 Å². The van der Waals surface area contributed by atoms with Crippen molar-refractivity contribution in [2.45, 2.75) is 69.7 Å². The molecule has 1 saturated carbocycles. The minimum Gasteiger partial charge on any atom is -0.352 e. The van der Waals surface area contributed by atoms with E-state index in [-0.39, 0.29) is 22.9 Å². The van der Waals surface area contributed by atoms with Crippen molar-refractivity contribution in [2.24, 2.45) is 0 Å². The van der Waals surface area contributed by atoms with Crippen LogP contribution in [0, 0.1) is 0 Å². The Hall–Kier alpha value is -2.77. The van der Waals surface area contributed by atoms with Gasteiger partial charge in [0.1, 0.15) is 5.82 Å². The quantitative estimate of drug-likeness (QED) is 0.805. The molecule has 1 atom stereocenters. The van der Waals surface area contributed by atoms with Crippen molar-refractivity contribution in [1.29, 1.82) is 0 Å². The Labute approximate surface area is 175 Å². The largest absolute Gasteiger partial charge is 0.352 e. The van der Waals surface area contributed by atoms with Gasteiger partial charge in [-0.1, -0.05) is 0 Å². The lowest BCUT2D eigenvalue weighted by molar-refractivity contribution is 0.0632. The molecule has 1 aliphatic heterocycles. The lowest BCUT2D eigenvalue weighted by Crippen LogP contribution is -2.48. The first-order valence-electron chi connectivity index (χ1n) is 11.0. The molecule has 158 valence electrons. The Morgan fingerprint density at radius 2 is 2.03 bits per heavy atom.